The Hall–Kier alpha value is -1.14. The highest BCUT2D eigenvalue weighted by molar-refractivity contribution is 5.96. The number of aliphatic hydroxyl groups is 1. The molecule has 0 spiro atoms. The van der Waals surface area contributed by atoms with Crippen molar-refractivity contribution in [3.8, 4) is 0 Å². The van der Waals surface area contributed by atoms with E-state index in [0.717, 1.165) is 19.3 Å². The molecule has 16 heavy (non-hydrogen) atoms. The lowest BCUT2D eigenvalue weighted by Crippen LogP contribution is -2.47. The molecule has 1 rings (SSSR count). The fourth-order valence-corrected chi connectivity index (χ4v) is 1.62. The second kappa shape index (κ2) is 5.27. The molecule has 0 aromatic rings. The largest absolute Gasteiger partial charge is 0.396 e. The molecule has 1 fully saturated rings. The van der Waals surface area contributed by atoms with Crippen LogP contribution in [0.3, 0.4) is 0 Å². The summed E-state index contributed by atoms with van der Waals surface area (Å²) in [6, 6.07) is -1.29. The molecule has 1 unspecified atom stereocenters. The van der Waals surface area contributed by atoms with E-state index >= 15 is 0 Å². The van der Waals surface area contributed by atoms with Crippen LogP contribution in [0.1, 0.15) is 26.2 Å². The van der Waals surface area contributed by atoms with Gasteiger partial charge in [0, 0.05) is 13.2 Å². The van der Waals surface area contributed by atoms with E-state index in [-0.39, 0.29) is 12.0 Å². The highest BCUT2D eigenvalue weighted by Gasteiger charge is 2.41. The molecule has 1 aliphatic carbocycles. The SMILES string of the molecule is CC(NCC1(CCO)CC1)C(=O)NC(N)=O. The lowest BCUT2D eigenvalue weighted by atomic mass is 10.0. The minimum atomic E-state index is -0.838. The van der Waals surface area contributed by atoms with Gasteiger partial charge in [0.1, 0.15) is 0 Å². The van der Waals surface area contributed by atoms with Crippen molar-refractivity contribution in [1.29, 1.82) is 0 Å². The Morgan fingerprint density at radius 1 is 1.50 bits per heavy atom. The third-order valence-corrected chi connectivity index (χ3v) is 3.02. The maximum Gasteiger partial charge on any atom is 0.318 e. The Morgan fingerprint density at radius 3 is 2.56 bits per heavy atom. The van der Waals surface area contributed by atoms with Gasteiger partial charge in [-0.15, -0.1) is 0 Å². The van der Waals surface area contributed by atoms with Crippen molar-refractivity contribution >= 4 is 11.9 Å². The van der Waals surface area contributed by atoms with Crippen LogP contribution in [0.25, 0.3) is 0 Å². The smallest absolute Gasteiger partial charge is 0.318 e. The maximum absolute atomic E-state index is 11.3. The van der Waals surface area contributed by atoms with Crippen LogP contribution in [0.15, 0.2) is 0 Å². The van der Waals surface area contributed by atoms with Crippen LogP contribution in [-0.2, 0) is 4.79 Å². The number of imide groups is 1. The molecule has 6 heteroatoms. The number of primary amides is 1. The number of nitrogens with two attached hydrogens (primary N) is 1. The quantitative estimate of drug-likeness (QED) is 0.484. The number of carbonyl (C=O) groups excluding carboxylic acids is 2. The van der Waals surface area contributed by atoms with Gasteiger partial charge in [-0.25, -0.2) is 4.79 Å². The van der Waals surface area contributed by atoms with Crippen LogP contribution in [0.5, 0.6) is 0 Å². The van der Waals surface area contributed by atoms with Crippen LogP contribution >= 0.6 is 0 Å². The number of aliphatic hydroxyl groups excluding tert-OH is 1. The van der Waals surface area contributed by atoms with Crippen LogP contribution < -0.4 is 16.4 Å². The molecule has 1 atom stereocenters. The fraction of sp³-hybridized carbons (Fsp3) is 0.800. The first-order chi connectivity index (χ1) is 7.49. The minimum absolute atomic E-state index is 0.149. The second-order valence-electron chi connectivity index (χ2n) is 4.43. The van der Waals surface area contributed by atoms with Crippen molar-refractivity contribution in [2.24, 2.45) is 11.1 Å². The molecule has 6 nitrogen and oxygen atoms in total. The van der Waals surface area contributed by atoms with Crippen molar-refractivity contribution in [2.75, 3.05) is 13.2 Å². The zero-order valence-electron chi connectivity index (χ0n) is 9.45. The molecule has 0 bridgehead atoms. The number of hydrogen-bond donors (Lipinski definition) is 4. The van der Waals surface area contributed by atoms with Gasteiger partial charge in [0.15, 0.2) is 0 Å². The molecule has 92 valence electrons. The number of amides is 3. The zero-order valence-corrected chi connectivity index (χ0v) is 9.45. The van der Waals surface area contributed by atoms with Crippen LogP contribution in [-0.4, -0.2) is 36.2 Å². The summed E-state index contributed by atoms with van der Waals surface area (Å²) in [7, 11) is 0. The van der Waals surface area contributed by atoms with E-state index < -0.39 is 18.0 Å². The second-order valence-corrected chi connectivity index (χ2v) is 4.43. The summed E-state index contributed by atoms with van der Waals surface area (Å²) < 4.78 is 0. The Balaban J connectivity index is 2.27. The van der Waals surface area contributed by atoms with E-state index in [2.05, 4.69) is 5.32 Å². The predicted molar refractivity (Wildman–Crippen MR) is 58.6 cm³/mol. The van der Waals surface area contributed by atoms with Gasteiger partial charge in [0.25, 0.3) is 0 Å². The van der Waals surface area contributed by atoms with Crippen molar-refractivity contribution in [2.45, 2.75) is 32.2 Å². The van der Waals surface area contributed by atoms with Gasteiger partial charge in [-0.3, -0.25) is 10.1 Å². The van der Waals surface area contributed by atoms with Crippen molar-refractivity contribution in [3.05, 3.63) is 0 Å². The molecule has 0 saturated heterocycles. The monoisotopic (exact) mass is 229 g/mol. The fourth-order valence-electron chi connectivity index (χ4n) is 1.62. The normalized spacial score (nSPS) is 18.9. The van der Waals surface area contributed by atoms with Gasteiger partial charge in [0.05, 0.1) is 6.04 Å². The lowest BCUT2D eigenvalue weighted by Gasteiger charge is -2.18. The molecular formula is C10H19N3O3. The third kappa shape index (κ3) is 3.79. The molecule has 1 aliphatic rings. The average Bonchev–Trinajstić information content (AvgIpc) is 2.94. The minimum Gasteiger partial charge on any atom is -0.396 e. The van der Waals surface area contributed by atoms with Crippen molar-refractivity contribution < 1.29 is 14.7 Å². The average molecular weight is 229 g/mol. The Labute approximate surface area is 94.6 Å². The van der Waals surface area contributed by atoms with E-state index in [1.807, 2.05) is 5.32 Å². The van der Waals surface area contributed by atoms with E-state index in [0.29, 0.717) is 6.54 Å². The topological polar surface area (TPSA) is 104 Å². The molecule has 5 N–H and O–H groups in total. The predicted octanol–water partition coefficient (Wildman–Crippen LogP) is -0.678. The van der Waals surface area contributed by atoms with Gasteiger partial charge >= 0.3 is 6.03 Å². The summed E-state index contributed by atoms with van der Waals surface area (Å²) in [5, 5.41) is 13.9. The number of carbonyl (C=O) groups is 2. The summed E-state index contributed by atoms with van der Waals surface area (Å²) >= 11 is 0. The van der Waals surface area contributed by atoms with Crippen LogP contribution in [0, 0.1) is 5.41 Å². The summed E-state index contributed by atoms with van der Waals surface area (Å²) in [6.45, 7) is 2.53. The molecule has 0 heterocycles. The number of urea groups is 1. The molecule has 0 aromatic carbocycles. The number of rotatable bonds is 6. The van der Waals surface area contributed by atoms with Crippen molar-refractivity contribution in [1.82, 2.24) is 10.6 Å². The Kier molecular flexibility index (Phi) is 4.26. The standard InChI is InChI=1S/C10H19N3O3/c1-7(8(15)13-9(11)16)12-6-10(2-3-10)4-5-14/h7,12,14H,2-6H2,1H3,(H3,11,13,15,16). The molecule has 1 saturated carbocycles. The molecule has 3 amide bonds. The Bertz CT molecular complexity index is 276. The van der Waals surface area contributed by atoms with Crippen LogP contribution in [0.2, 0.25) is 0 Å². The third-order valence-electron chi connectivity index (χ3n) is 3.02. The van der Waals surface area contributed by atoms with Gasteiger partial charge in [0.2, 0.25) is 5.91 Å². The van der Waals surface area contributed by atoms with E-state index in [4.69, 9.17) is 10.8 Å². The molecule has 0 aliphatic heterocycles. The first-order valence-electron chi connectivity index (χ1n) is 5.44. The Morgan fingerprint density at radius 2 is 2.12 bits per heavy atom. The summed E-state index contributed by atoms with van der Waals surface area (Å²) in [6.07, 6.45) is 2.90. The molecule has 0 radical (unpaired) electrons. The van der Waals surface area contributed by atoms with E-state index in [1.54, 1.807) is 6.92 Å². The maximum atomic E-state index is 11.3. The van der Waals surface area contributed by atoms with E-state index in [1.165, 1.54) is 0 Å². The van der Waals surface area contributed by atoms with Gasteiger partial charge < -0.3 is 16.2 Å². The van der Waals surface area contributed by atoms with Crippen molar-refractivity contribution in [3.63, 3.8) is 0 Å². The van der Waals surface area contributed by atoms with Crippen LogP contribution in [0.4, 0.5) is 4.79 Å². The zero-order chi connectivity index (χ0) is 12.2. The number of hydrogen-bond acceptors (Lipinski definition) is 4. The summed E-state index contributed by atoms with van der Waals surface area (Å²) in [5.74, 6) is -0.424. The first kappa shape index (κ1) is 12.9. The highest BCUT2D eigenvalue weighted by atomic mass is 16.3. The lowest BCUT2D eigenvalue weighted by molar-refractivity contribution is -0.121. The highest BCUT2D eigenvalue weighted by Crippen LogP contribution is 2.47. The molecule has 0 aromatic heterocycles. The van der Waals surface area contributed by atoms with Gasteiger partial charge in [-0.05, 0) is 31.6 Å². The van der Waals surface area contributed by atoms with E-state index in [9.17, 15) is 9.59 Å². The summed E-state index contributed by atoms with van der Waals surface area (Å²) in [5.41, 5.74) is 4.99. The first-order valence-corrected chi connectivity index (χ1v) is 5.44. The van der Waals surface area contributed by atoms with Gasteiger partial charge in [-0.1, -0.05) is 0 Å². The molecular weight excluding hydrogens is 210 g/mol. The summed E-state index contributed by atoms with van der Waals surface area (Å²) in [4.78, 5) is 21.8. The number of nitrogens with one attached hydrogen (secondary N) is 2. The van der Waals surface area contributed by atoms with Gasteiger partial charge in [-0.2, -0.15) is 0 Å².